The lowest BCUT2D eigenvalue weighted by Crippen LogP contribution is -2.38. The van der Waals surface area contributed by atoms with E-state index in [0.29, 0.717) is 29.2 Å². The lowest BCUT2D eigenvalue weighted by atomic mass is 9.94. The fourth-order valence-corrected chi connectivity index (χ4v) is 5.80. The molecule has 1 amide bonds. The van der Waals surface area contributed by atoms with E-state index in [1.165, 1.54) is 17.7 Å². The first-order chi connectivity index (χ1) is 17.1. The number of carbonyl (C=O) groups excluding carboxylic acids is 1. The number of rotatable bonds is 7. The minimum Gasteiger partial charge on any atom is -0.494 e. The van der Waals surface area contributed by atoms with Crippen LogP contribution in [0.4, 0.5) is 4.39 Å². The van der Waals surface area contributed by atoms with E-state index in [2.05, 4.69) is 26.9 Å². The van der Waals surface area contributed by atoms with E-state index in [0.717, 1.165) is 63.3 Å². The number of hydrogen-bond donors (Lipinski definition) is 1. The minimum atomic E-state index is -0.406. The van der Waals surface area contributed by atoms with Gasteiger partial charge in [0.2, 0.25) is 0 Å². The Balaban J connectivity index is 1.47. The molecule has 2 atom stereocenters. The third-order valence-electron chi connectivity index (χ3n) is 7.60. The van der Waals surface area contributed by atoms with Crippen molar-refractivity contribution >= 4 is 16.8 Å². The summed E-state index contributed by atoms with van der Waals surface area (Å²) < 4.78 is 27.7. The Morgan fingerprint density at radius 2 is 1.91 bits per heavy atom. The molecule has 1 saturated heterocycles. The van der Waals surface area contributed by atoms with Crippen LogP contribution in [0.5, 0.6) is 5.75 Å². The molecule has 1 saturated carbocycles. The number of amides is 1. The molecule has 6 nitrogen and oxygen atoms in total. The summed E-state index contributed by atoms with van der Waals surface area (Å²) in [6.07, 6.45) is 3.07. The number of fused-ring (bicyclic) bond motifs is 1. The van der Waals surface area contributed by atoms with Gasteiger partial charge in [0.05, 0.1) is 31.4 Å². The van der Waals surface area contributed by atoms with Gasteiger partial charge >= 0.3 is 0 Å². The molecule has 2 heterocycles. The number of halogens is 1. The Morgan fingerprint density at radius 1 is 1.14 bits per heavy atom. The third-order valence-corrected chi connectivity index (χ3v) is 7.60. The first kappa shape index (κ1) is 23.8. The van der Waals surface area contributed by atoms with Gasteiger partial charge in [-0.15, -0.1) is 0 Å². The van der Waals surface area contributed by atoms with E-state index in [-0.39, 0.29) is 11.9 Å². The molecule has 0 radical (unpaired) electrons. The third kappa shape index (κ3) is 4.80. The molecule has 186 valence electrons. The van der Waals surface area contributed by atoms with E-state index in [9.17, 15) is 9.18 Å². The first-order valence-corrected chi connectivity index (χ1v) is 12.6. The first-order valence-electron chi connectivity index (χ1n) is 12.6. The Kier molecular flexibility index (Phi) is 7.07. The number of nitrogens with zero attached hydrogens (tertiary/aromatic N) is 2. The van der Waals surface area contributed by atoms with Crippen LogP contribution in [-0.4, -0.2) is 61.4 Å². The maximum Gasteiger partial charge on any atom is 0.253 e. The Hall–Kier alpha value is -2.90. The van der Waals surface area contributed by atoms with E-state index < -0.39 is 5.82 Å². The SMILES string of the molecule is COc1cc(F)cc2c(C(=O)NC3CCCC3c3ccccc3)c(C)n(CCN3CCOCC3)c12. The molecule has 7 heteroatoms. The van der Waals surface area contributed by atoms with Crippen molar-refractivity contribution in [3.63, 3.8) is 0 Å². The lowest BCUT2D eigenvalue weighted by Gasteiger charge is -2.27. The molecule has 35 heavy (non-hydrogen) atoms. The molecule has 0 spiro atoms. The largest absolute Gasteiger partial charge is 0.494 e. The number of methoxy groups -OCH3 is 1. The maximum absolute atomic E-state index is 14.6. The summed E-state index contributed by atoms with van der Waals surface area (Å²) in [6, 6.07) is 13.3. The second kappa shape index (κ2) is 10.4. The van der Waals surface area contributed by atoms with Crippen LogP contribution in [0, 0.1) is 12.7 Å². The van der Waals surface area contributed by atoms with Crippen LogP contribution in [0.25, 0.3) is 10.9 Å². The second-order valence-corrected chi connectivity index (χ2v) is 9.60. The van der Waals surface area contributed by atoms with Crippen LogP contribution in [0.2, 0.25) is 0 Å². The van der Waals surface area contributed by atoms with Gasteiger partial charge in [0.15, 0.2) is 0 Å². The van der Waals surface area contributed by atoms with E-state index in [4.69, 9.17) is 9.47 Å². The highest BCUT2D eigenvalue weighted by Crippen LogP contribution is 2.37. The zero-order chi connectivity index (χ0) is 24.4. The highest BCUT2D eigenvalue weighted by atomic mass is 19.1. The summed E-state index contributed by atoms with van der Waals surface area (Å²) >= 11 is 0. The average molecular weight is 480 g/mol. The normalized spacial score (nSPS) is 20.9. The zero-order valence-electron chi connectivity index (χ0n) is 20.6. The summed E-state index contributed by atoms with van der Waals surface area (Å²) in [7, 11) is 1.55. The zero-order valence-corrected chi connectivity index (χ0v) is 20.6. The fraction of sp³-hybridized carbons (Fsp3) is 0.464. The molecule has 2 aliphatic rings. The molecule has 1 N–H and O–H groups in total. The number of carbonyl (C=O) groups is 1. The maximum atomic E-state index is 14.6. The molecule has 2 aromatic carbocycles. The summed E-state index contributed by atoms with van der Waals surface area (Å²) in [5.74, 6) is 0.198. The number of hydrogen-bond acceptors (Lipinski definition) is 4. The monoisotopic (exact) mass is 479 g/mol. The van der Waals surface area contributed by atoms with Gasteiger partial charge < -0.3 is 19.4 Å². The summed E-state index contributed by atoms with van der Waals surface area (Å²) in [5.41, 5.74) is 3.41. The highest BCUT2D eigenvalue weighted by molar-refractivity contribution is 6.10. The fourth-order valence-electron chi connectivity index (χ4n) is 5.80. The van der Waals surface area contributed by atoms with Crippen molar-refractivity contribution in [2.45, 2.75) is 44.7 Å². The van der Waals surface area contributed by atoms with E-state index in [1.807, 2.05) is 25.1 Å². The number of aromatic nitrogens is 1. The smallest absolute Gasteiger partial charge is 0.253 e. The van der Waals surface area contributed by atoms with Crippen LogP contribution in [-0.2, 0) is 11.3 Å². The van der Waals surface area contributed by atoms with Gasteiger partial charge in [-0.05, 0) is 31.4 Å². The number of benzene rings is 2. The quantitative estimate of drug-likeness (QED) is 0.542. The standard InChI is InChI=1S/C28H34FN3O3/c1-19-26(28(33)30-24-10-6-9-22(24)20-7-4-3-5-8-20)23-17-21(29)18-25(34-2)27(23)32(19)12-11-31-13-15-35-16-14-31/h3-5,7-8,17-18,22,24H,6,9-16H2,1-2H3,(H,30,33). The van der Waals surface area contributed by atoms with Crippen molar-refractivity contribution in [3.8, 4) is 5.75 Å². The molecule has 2 fully saturated rings. The van der Waals surface area contributed by atoms with Gasteiger partial charge in [0.25, 0.3) is 5.91 Å². The minimum absolute atomic E-state index is 0.0616. The van der Waals surface area contributed by atoms with Crippen molar-refractivity contribution in [1.82, 2.24) is 14.8 Å². The summed E-state index contributed by atoms with van der Waals surface area (Å²) in [5, 5.41) is 3.91. The molecule has 0 bridgehead atoms. The molecular weight excluding hydrogens is 445 g/mol. The van der Waals surface area contributed by atoms with Gasteiger partial charge in [-0.25, -0.2) is 4.39 Å². The Morgan fingerprint density at radius 3 is 2.66 bits per heavy atom. The van der Waals surface area contributed by atoms with Crippen molar-refractivity contribution in [3.05, 3.63) is 65.1 Å². The predicted molar refractivity (Wildman–Crippen MR) is 135 cm³/mol. The van der Waals surface area contributed by atoms with Gasteiger partial charge in [-0.1, -0.05) is 36.8 Å². The van der Waals surface area contributed by atoms with Gasteiger partial charge in [0, 0.05) is 55.3 Å². The van der Waals surface area contributed by atoms with Crippen molar-refractivity contribution in [1.29, 1.82) is 0 Å². The van der Waals surface area contributed by atoms with Crippen molar-refractivity contribution in [2.24, 2.45) is 0 Å². The van der Waals surface area contributed by atoms with Crippen LogP contribution >= 0.6 is 0 Å². The molecule has 2 unspecified atom stereocenters. The van der Waals surface area contributed by atoms with E-state index in [1.54, 1.807) is 7.11 Å². The van der Waals surface area contributed by atoms with Crippen molar-refractivity contribution in [2.75, 3.05) is 40.0 Å². The highest BCUT2D eigenvalue weighted by Gasteiger charge is 2.32. The average Bonchev–Trinajstić information content (AvgIpc) is 3.44. The number of morpholine rings is 1. The second-order valence-electron chi connectivity index (χ2n) is 9.60. The molecule has 5 rings (SSSR count). The Bertz CT molecular complexity index is 1190. The number of ether oxygens (including phenoxy) is 2. The van der Waals surface area contributed by atoms with Gasteiger partial charge in [0.1, 0.15) is 11.6 Å². The molecular formula is C28H34FN3O3. The van der Waals surface area contributed by atoms with Crippen LogP contribution in [0.1, 0.15) is 46.8 Å². The van der Waals surface area contributed by atoms with E-state index >= 15 is 0 Å². The Labute approximate surface area is 206 Å². The lowest BCUT2D eigenvalue weighted by molar-refractivity contribution is 0.0365. The van der Waals surface area contributed by atoms with Gasteiger partial charge in [-0.3, -0.25) is 9.69 Å². The van der Waals surface area contributed by atoms with Crippen LogP contribution in [0.15, 0.2) is 42.5 Å². The van der Waals surface area contributed by atoms with Crippen LogP contribution in [0.3, 0.4) is 0 Å². The molecule has 1 aliphatic heterocycles. The molecule has 3 aromatic rings. The molecule has 1 aliphatic carbocycles. The predicted octanol–water partition coefficient (Wildman–Crippen LogP) is 4.50. The topological polar surface area (TPSA) is 55.7 Å². The summed E-state index contributed by atoms with van der Waals surface area (Å²) in [4.78, 5) is 16.1. The summed E-state index contributed by atoms with van der Waals surface area (Å²) in [6.45, 7) is 6.71. The number of nitrogens with one attached hydrogen (secondary N) is 1. The molecule has 1 aromatic heterocycles. The van der Waals surface area contributed by atoms with Gasteiger partial charge in [-0.2, -0.15) is 0 Å². The van der Waals surface area contributed by atoms with Crippen LogP contribution < -0.4 is 10.1 Å². The van der Waals surface area contributed by atoms with Crippen molar-refractivity contribution < 1.29 is 18.7 Å².